The van der Waals surface area contributed by atoms with Crippen LogP contribution in [-0.2, 0) is 6.42 Å². The topological polar surface area (TPSA) is 99.5 Å². The van der Waals surface area contributed by atoms with E-state index in [0.29, 0.717) is 24.9 Å². The van der Waals surface area contributed by atoms with Crippen LogP contribution in [0.5, 0.6) is 0 Å². The van der Waals surface area contributed by atoms with Crippen molar-refractivity contribution >= 4 is 11.6 Å². The third-order valence-corrected chi connectivity index (χ3v) is 5.20. The lowest BCUT2D eigenvalue weighted by atomic mass is 9.75. The Balaban J connectivity index is 1.58. The number of aliphatic hydroxyl groups is 1. The van der Waals surface area contributed by atoms with Gasteiger partial charge < -0.3 is 10.4 Å². The lowest BCUT2D eigenvalue weighted by Gasteiger charge is -2.38. The van der Waals surface area contributed by atoms with Crippen molar-refractivity contribution in [1.82, 2.24) is 19.9 Å². The van der Waals surface area contributed by atoms with Gasteiger partial charge in [0.1, 0.15) is 5.56 Å². The average molecular weight is 366 g/mol. The van der Waals surface area contributed by atoms with Crippen LogP contribution in [0.3, 0.4) is 0 Å². The summed E-state index contributed by atoms with van der Waals surface area (Å²) >= 11 is 0. The second-order valence-electron chi connectivity index (χ2n) is 7.26. The van der Waals surface area contributed by atoms with E-state index in [9.17, 15) is 14.7 Å². The normalized spacial score (nSPS) is 20.2. The Kier molecular flexibility index (Phi) is 4.53. The summed E-state index contributed by atoms with van der Waals surface area (Å²) in [5, 5.41) is 15.6. The summed E-state index contributed by atoms with van der Waals surface area (Å²) in [4.78, 5) is 29.6. The Morgan fingerprint density at radius 3 is 2.81 bits per heavy atom. The van der Waals surface area contributed by atoms with Gasteiger partial charge in [0.2, 0.25) is 0 Å². The maximum Gasteiger partial charge on any atom is 0.285 e. The number of fused-ring (bicyclic) bond motifs is 1. The van der Waals surface area contributed by atoms with Crippen LogP contribution >= 0.6 is 0 Å². The number of aryl methyl sites for hydroxylation is 1. The van der Waals surface area contributed by atoms with Gasteiger partial charge in [-0.1, -0.05) is 30.3 Å². The van der Waals surface area contributed by atoms with Crippen LogP contribution in [0.1, 0.15) is 34.5 Å². The fourth-order valence-corrected chi connectivity index (χ4v) is 3.64. The number of benzene rings is 1. The molecule has 1 aliphatic carbocycles. The zero-order valence-electron chi connectivity index (χ0n) is 15.1. The first-order valence-corrected chi connectivity index (χ1v) is 9.11. The van der Waals surface area contributed by atoms with E-state index in [1.54, 1.807) is 6.07 Å². The molecule has 0 bridgehead atoms. The molecule has 0 aliphatic heterocycles. The Morgan fingerprint density at radius 2 is 2.11 bits per heavy atom. The van der Waals surface area contributed by atoms with Crippen molar-refractivity contribution in [3.05, 3.63) is 69.8 Å². The molecule has 1 fully saturated rings. The molecule has 0 spiro atoms. The van der Waals surface area contributed by atoms with E-state index >= 15 is 0 Å². The number of carbonyl (C=O) groups excluding carboxylic acids is 1. The lowest BCUT2D eigenvalue weighted by Crippen LogP contribution is -2.49. The summed E-state index contributed by atoms with van der Waals surface area (Å²) in [6, 6.07) is 11.5. The maximum atomic E-state index is 12.8. The van der Waals surface area contributed by atoms with E-state index in [2.05, 4.69) is 15.4 Å². The van der Waals surface area contributed by atoms with E-state index in [-0.39, 0.29) is 23.6 Å². The first kappa shape index (κ1) is 17.5. The fraction of sp³-hybridized carbons (Fsp3) is 0.350. The molecule has 7 nitrogen and oxygen atoms in total. The predicted molar refractivity (Wildman–Crippen MR) is 101 cm³/mol. The number of nitrogens with one attached hydrogen (secondary N) is 2. The number of carbonyl (C=O) groups is 1. The molecular weight excluding hydrogens is 344 g/mol. The Bertz CT molecular complexity index is 1020. The summed E-state index contributed by atoms with van der Waals surface area (Å²) in [5.41, 5.74) is 1.97. The van der Waals surface area contributed by atoms with Crippen LogP contribution in [0.15, 0.2) is 47.4 Å². The SMILES string of the molecule is Cc1cc2ncc(C(=O)N[C@@H](Cc3ccccc3)C3CC(O)C3)c(=O)n2[nH]1. The minimum Gasteiger partial charge on any atom is -0.393 e. The van der Waals surface area contributed by atoms with E-state index < -0.39 is 11.5 Å². The second-order valence-corrected chi connectivity index (χ2v) is 7.26. The molecule has 140 valence electrons. The van der Waals surface area contributed by atoms with Crippen molar-refractivity contribution in [3.63, 3.8) is 0 Å². The molecule has 1 aliphatic rings. The maximum absolute atomic E-state index is 12.8. The molecule has 27 heavy (non-hydrogen) atoms. The monoisotopic (exact) mass is 366 g/mol. The van der Waals surface area contributed by atoms with Crippen LogP contribution in [0, 0.1) is 12.8 Å². The van der Waals surface area contributed by atoms with Gasteiger partial charge in [-0.25, -0.2) is 9.50 Å². The number of hydrogen-bond donors (Lipinski definition) is 3. The number of H-pyrrole nitrogens is 1. The van der Waals surface area contributed by atoms with E-state index in [1.165, 1.54) is 10.7 Å². The summed E-state index contributed by atoms with van der Waals surface area (Å²) in [6.07, 6.45) is 2.99. The van der Waals surface area contributed by atoms with Crippen molar-refractivity contribution in [2.75, 3.05) is 0 Å². The summed E-state index contributed by atoms with van der Waals surface area (Å²) in [5.74, 6) is -0.243. The van der Waals surface area contributed by atoms with Crippen molar-refractivity contribution in [3.8, 4) is 0 Å². The molecular formula is C20H22N4O3. The Hall–Kier alpha value is -2.93. The van der Waals surface area contributed by atoms with Crippen LogP contribution < -0.4 is 10.9 Å². The van der Waals surface area contributed by atoms with Gasteiger partial charge in [-0.3, -0.25) is 14.7 Å². The third-order valence-electron chi connectivity index (χ3n) is 5.20. The first-order chi connectivity index (χ1) is 13.0. The van der Waals surface area contributed by atoms with E-state index in [0.717, 1.165) is 11.3 Å². The minimum atomic E-state index is -0.434. The number of nitrogens with zero attached hydrogens (tertiary/aromatic N) is 2. The molecule has 1 saturated carbocycles. The Labute approximate surface area is 156 Å². The molecule has 4 rings (SSSR count). The van der Waals surface area contributed by atoms with Gasteiger partial charge in [-0.05, 0) is 37.7 Å². The molecule has 0 saturated heterocycles. The summed E-state index contributed by atoms with van der Waals surface area (Å²) in [7, 11) is 0. The van der Waals surface area contributed by atoms with E-state index in [1.807, 2.05) is 37.3 Å². The van der Waals surface area contributed by atoms with Crippen molar-refractivity contribution in [2.24, 2.45) is 5.92 Å². The highest BCUT2D eigenvalue weighted by Gasteiger charge is 2.35. The molecule has 7 heteroatoms. The predicted octanol–water partition coefficient (Wildman–Crippen LogP) is 1.44. The van der Waals surface area contributed by atoms with E-state index in [4.69, 9.17) is 0 Å². The molecule has 1 aromatic carbocycles. The van der Waals surface area contributed by atoms with Crippen LogP contribution in [0.4, 0.5) is 0 Å². The standard InChI is InChI=1S/C20H22N4O3/c1-12-7-18-21-11-16(20(27)24(18)23-12)19(26)22-17(14-9-15(25)10-14)8-13-5-3-2-4-6-13/h2-7,11,14-15,17,23,25H,8-10H2,1H3,(H,22,26)/t14?,15?,17-/m0/s1. The zero-order chi connectivity index (χ0) is 19.0. The molecule has 3 aromatic rings. The molecule has 2 aromatic heterocycles. The second kappa shape index (κ2) is 7.00. The minimum absolute atomic E-state index is 0.00674. The van der Waals surface area contributed by atoms with Crippen LogP contribution in [0.25, 0.3) is 5.65 Å². The smallest absolute Gasteiger partial charge is 0.285 e. The van der Waals surface area contributed by atoms with Crippen molar-refractivity contribution in [2.45, 2.75) is 38.3 Å². The van der Waals surface area contributed by atoms with Crippen molar-refractivity contribution < 1.29 is 9.90 Å². The molecule has 3 N–H and O–H groups in total. The molecule has 2 heterocycles. The van der Waals surface area contributed by atoms with Gasteiger partial charge in [-0.2, -0.15) is 0 Å². The molecule has 1 atom stereocenters. The molecule has 1 amide bonds. The van der Waals surface area contributed by atoms with Gasteiger partial charge in [0, 0.05) is 24.0 Å². The Morgan fingerprint density at radius 1 is 1.37 bits per heavy atom. The first-order valence-electron chi connectivity index (χ1n) is 9.11. The molecule has 0 unspecified atom stereocenters. The van der Waals surface area contributed by atoms with Gasteiger partial charge in [-0.15, -0.1) is 0 Å². The summed E-state index contributed by atoms with van der Waals surface area (Å²) in [6.45, 7) is 1.83. The number of rotatable bonds is 5. The van der Waals surface area contributed by atoms with Gasteiger partial charge >= 0.3 is 0 Å². The van der Waals surface area contributed by atoms with Crippen LogP contribution in [-0.4, -0.2) is 37.8 Å². The number of aliphatic hydroxyl groups excluding tert-OH is 1. The highest BCUT2D eigenvalue weighted by molar-refractivity contribution is 5.94. The summed E-state index contributed by atoms with van der Waals surface area (Å²) < 4.78 is 1.28. The largest absolute Gasteiger partial charge is 0.393 e. The molecule has 0 radical (unpaired) electrons. The third kappa shape index (κ3) is 3.50. The van der Waals surface area contributed by atoms with Gasteiger partial charge in [0.05, 0.1) is 6.10 Å². The van der Waals surface area contributed by atoms with Crippen molar-refractivity contribution in [1.29, 1.82) is 0 Å². The zero-order valence-corrected chi connectivity index (χ0v) is 15.1. The highest BCUT2D eigenvalue weighted by Crippen LogP contribution is 2.31. The highest BCUT2D eigenvalue weighted by atomic mass is 16.3. The quantitative estimate of drug-likeness (QED) is 0.636. The number of aromatic nitrogens is 3. The fourth-order valence-electron chi connectivity index (χ4n) is 3.64. The average Bonchev–Trinajstić information content (AvgIpc) is 3.01. The van der Waals surface area contributed by atoms with Crippen LogP contribution in [0.2, 0.25) is 0 Å². The number of aromatic amines is 1. The number of amides is 1. The van der Waals surface area contributed by atoms with Gasteiger partial charge in [0.25, 0.3) is 11.5 Å². The van der Waals surface area contributed by atoms with Gasteiger partial charge in [0.15, 0.2) is 5.65 Å². The lowest BCUT2D eigenvalue weighted by molar-refractivity contribution is 0.0239. The number of hydrogen-bond acceptors (Lipinski definition) is 4.